The molecule has 0 saturated carbocycles. The van der Waals surface area contributed by atoms with Crippen LogP contribution in [-0.4, -0.2) is 6.10 Å². The van der Waals surface area contributed by atoms with Gasteiger partial charge in [0.05, 0.1) is 0 Å². The van der Waals surface area contributed by atoms with Crippen LogP contribution in [0.2, 0.25) is 0 Å². The summed E-state index contributed by atoms with van der Waals surface area (Å²) in [5.74, 6) is 2.67. The lowest BCUT2D eigenvalue weighted by Gasteiger charge is -2.28. The second kappa shape index (κ2) is 12.9. The van der Waals surface area contributed by atoms with Gasteiger partial charge in [-0.1, -0.05) is 152 Å². The monoisotopic (exact) mass is 630 g/mol. The highest BCUT2D eigenvalue weighted by Crippen LogP contribution is 2.48. The molecule has 1 aliphatic carbocycles. The van der Waals surface area contributed by atoms with E-state index in [-0.39, 0.29) is 6.10 Å². The Morgan fingerprint density at radius 3 is 1.37 bits per heavy atom. The molecular formula is C42H32O2P2. The van der Waals surface area contributed by atoms with Gasteiger partial charge in [-0.25, -0.2) is 0 Å². The molecule has 0 aromatic heterocycles. The average molecular weight is 631 g/mol. The Balaban J connectivity index is 1.47. The average Bonchev–Trinajstić information content (AvgIpc) is 3.15. The van der Waals surface area contributed by atoms with E-state index >= 15 is 0 Å². The summed E-state index contributed by atoms with van der Waals surface area (Å²) in [6.07, 6.45) is 6.84. The predicted molar refractivity (Wildman–Crippen MR) is 196 cm³/mol. The number of hydrogen-bond acceptors (Lipinski definition) is 2. The van der Waals surface area contributed by atoms with Crippen LogP contribution in [0.5, 0.6) is 11.5 Å². The molecule has 1 unspecified atom stereocenters. The molecule has 0 spiro atoms. The summed E-state index contributed by atoms with van der Waals surface area (Å²) in [7, 11) is -1.86. The van der Waals surface area contributed by atoms with Crippen molar-refractivity contribution in [1.29, 1.82) is 0 Å². The quantitative estimate of drug-likeness (QED) is 0.175. The van der Waals surface area contributed by atoms with Gasteiger partial charge >= 0.3 is 0 Å². The molecule has 1 aliphatic heterocycles. The summed E-state index contributed by atoms with van der Waals surface area (Å²) >= 11 is 0. The standard InChI is InChI=1S/C42H32O2P2/c1-5-18-33(19-6-1)45(34-20-7-2-8-21-34)39-28-14-26-37-41(39)42-38(44-32-17-13-16-31(30-32)43-37)27-15-29-40(42)46(35-22-9-3-10-23-35)36-24-11-4-12-25-36/h1-29,31H,30H2. The van der Waals surface area contributed by atoms with Crippen LogP contribution in [0.4, 0.5) is 0 Å². The minimum Gasteiger partial charge on any atom is -0.485 e. The van der Waals surface area contributed by atoms with E-state index in [1.165, 1.54) is 31.8 Å². The van der Waals surface area contributed by atoms with E-state index < -0.39 is 15.8 Å². The highest BCUT2D eigenvalue weighted by Gasteiger charge is 2.32. The number of allylic oxidation sites excluding steroid dienone is 2. The van der Waals surface area contributed by atoms with Crippen molar-refractivity contribution in [3.8, 4) is 22.6 Å². The second-order valence-corrected chi connectivity index (χ2v) is 15.7. The van der Waals surface area contributed by atoms with Crippen LogP contribution >= 0.6 is 15.8 Å². The lowest BCUT2D eigenvalue weighted by atomic mass is 10.0. The third-order valence-electron chi connectivity index (χ3n) is 8.33. The first-order valence-corrected chi connectivity index (χ1v) is 18.3. The van der Waals surface area contributed by atoms with Crippen molar-refractivity contribution in [2.75, 3.05) is 0 Å². The fourth-order valence-corrected chi connectivity index (χ4v) is 11.3. The van der Waals surface area contributed by atoms with Gasteiger partial charge in [0, 0.05) is 17.5 Å². The van der Waals surface area contributed by atoms with Crippen LogP contribution in [0.15, 0.2) is 182 Å². The van der Waals surface area contributed by atoms with Gasteiger partial charge < -0.3 is 9.47 Å². The molecule has 0 fully saturated rings. The molecule has 1 heterocycles. The van der Waals surface area contributed by atoms with Crippen LogP contribution in [0.3, 0.4) is 0 Å². The van der Waals surface area contributed by atoms with Gasteiger partial charge in [0.25, 0.3) is 0 Å². The molecule has 1 atom stereocenters. The smallest absolute Gasteiger partial charge is 0.135 e. The fraction of sp³-hybridized carbons (Fsp3) is 0.0476. The molecule has 222 valence electrons. The number of hydrogen-bond donors (Lipinski definition) is 0. The molecular weight excluding hydrogens is 598 g/mol. The lowest BCUT2D eigenvalue weighted by Crippen LogP contribution is -2.26. The zero-order valence-corrected chi connectivity index (χ0v) is 27.0. The molecule has 2 nitrogen and oxygen atoms in total. The molecule has 6 aromatic carbocycles. The molecule has 0 radical (unpaired) electrons. The summed E-state index contributed by atoms with van der Waals surface area (Å²) in [6, 6.07) is 56.9. The van der Waals surface area contributed by atoms with Crippen molar-refractivity contribution in [3.63, 3.8) is 0 Å². The normalized spacial score (nSPS) is 15.0. The van der Waals surface area contributed by atoms with E-state index in [9.17, 15) is 0 Å². The van der Waals surface area contributed by atoms with Crippen LogP contribution in [0.1, 0.15) is 6.42 Å². The molecule has 0 N–H and O–H groups in total. The summed E-state index contributed by atoms with van der Waals surface area (Å²) in [5.41, 5.74) is 2.23. The van der Waals surface area contributed by atoms with Crippen LogP contribution in [-0.2, 0) is 0 Å². The van der Waals surface area contributed by atoms with Gasteiger partial charge in [0.15, 0.2) is 0 Å². The summed E-state index contributed by atoms with van der Waals surface area (Å²) < 4.78 is 13.9. The third kappa shape index (κ3) is 5.60. The Labute approximate surface area is 273 Å². The van der Waals surface area contributed by atoms with Crippen molar-refractivity contribution in [2.24, 2.45) is 0 Å². The Kier molecular flexibility index (Phi) is 8.08. The maximum absolute atomic E-state index is 6.96. The maximum Gasteiger partial charge on any atom is 0.135 e. The number of benzene rings is 6. The van der Waals surface area contributed by atoms with Gasteiger partial charge in [-0.05, 0) is 72.0 Å². The predicted octanol–water partition coefficient (Wildman–Crippen LogP) is 7.85. The molecule has 0 amide bonds. The Bertz CT molecular complexity index is 1940. The minimum absolute atomic E-state index is 0.115. The molecule has 4 heteroatoms. The van der Waals surface area contributed by atoms with Crippen molar-refractivity contribution in [1.82, 2.24) is 0 Å². The number of ether oxygens (including phenoxy) is 2. The largest absolute Gasteiger partial charge is 0.485 e. The van der Waals surface area contributed by atoms with Gasteiger partial charge in [-0.15, -0.1) is 0 Å². The molecule has 2 aliphatic rings. The van der Waals surface area contributed by atoms with E-state index in [0.29, 0.717) is 6.42 Å². The van der Waals surface area contributed by atoms with E-state index in [2.05, 4.69) is 176 Å². The topological polar surface area (TPSA) is 18.5 Å². The third-order valence-corrected chi connectivity index (χ3v) is 13.3. The zero-order valence-electron chi connectivity index (χ0n) is 25.2. The van der Waals surface area contributed by atoms with Gasteiger partial charge in [0.2, 0.25) is 0 Å². The second-order valence-electron chi connectivity index (χ2n) is 11.3. The molecule has 0 saturated heterocycles. The van der Waals surface area contributed by atoms with Crippen molar-refractivity contribution in [3.05, 3.63) is 182 Å². The van der Waals surface area contributed by atoms with E-state index in [0.717, 1.165) is 28.4 Å². The van der Waals surface area contributed by atoms with Crippen LogP contribution in [0.25, 0.3) is 11.1 Å². The van der Waals surface area contributed by atoms with Crippen molar-refractivity contribution < 1.29 is 9.47 Å². The van der Waals surface area contributed by atoms with Crippen molar-refractivity contribution >= 4 is 47.7 Å². The first kappa shape index (κ1) is 28.7. The van der Waals surface area contributed by atoms with E-state index in [4.69, 9.17) is 9.47 Å². The molecule has 46 heavy (non-hydrogen) atoms. The van der Waals surface area contributed by atoms with Gasteiger partial charge in [0.1, 0.15) is 23.4 Å². The fourth-order valence-electron chi connectivity index (χ4n) is 6.34. The first-order valence-electron chi connectivity index (χ1n) is 15.6. The van der Waals surface area contributed by atoms with Gasteiger partial charge in [-0.2, -0.15) is 0 Å². The van der Waals surface area contributed by atoms with Crippen LogP contribution < -0.4 is 41.3 Å². The van der Waals surface area contributed by atoms with Crippen molar-refractivity contribution in [2.45, 2.75) is 12.5 Å². The number of rotatable bonds is 6. The highest BCUT2D eigenvalue weighted by molar-refractivity contribution is 7.80. The summed E-state index contributed by atoms with van der Waals surface area (Å²) in [5, 5.41) is 7.70. The van der Waals surface area contributed by atoms with Crippen LogP contribution in [0, 0.1) is 0 Å². The SMILES string of the molecule is C1=CC2CC(=C1)Oc1cccc(P(c3ccccc3)c3ccccc3)c1-c1c(cccc1P(c1ccccc1)c1ccccc1)O2. The van der Waals surface area contributed by atoms with E-state index in [1.54, 1.807) is 0 Å². The highest BCUT2D eigenvalue weighted by atomic mass is 31.1. The maximum atomic E-state index is 6.96. The van der Waals surface area contributed by atoms with E-state index in [1.807, 2.05) is 0 Å². The Hall–Kier alpha value is -4.74. The Morgan fingerprint density at radius 1 is 0.457 bits per heavy atom. The minimum atomic E-state index is -0.932. The molecule has 8 rings (SSSR count). The molecule has 2 bridgehead atoms. The first-order chi connectivity index (χ1) is 22.8. The lowest BCUT2D eigenvalue weighted by molar-refractivity contribution is 0.230. The Morgan fingerprint density at radius 2 is 0.891 bits per heavy atom. The summed E-state index contributed by atoms with van der Waals surface area (Å²) in [4.78, 5) is 0. The zero-order chi connectivity index (χ0) is 30.7. The molecule has 6 aromatic rings. The summed E-state index contributed by atoms with van der Waals surface area (Å²) in [6.45, 7) is 0. The number of fused-ring (bicyclic) bond motifs is 5. The van der Waals surface area contributed by atoms with Gasteiger partial charge in [-0.3, -0.25) is 0 Å².